The quantitative estimate of drug-likeness (QED) is 0.0199. The van der Waals surface area contributed by atoms with Crippen LogP contribution in [0.25, 0.3) is 0 Å². The molecule has 6 nitrogen and oxygen atoms in total. The molecule has 6 heteroatoms. The fourth-order valence-electron chi connectivity index (χ4n) is 7.29. The first-order valence-electron chi connectivity index (χ1n) is 27.4. The van der Waals surface area contributed by atoms with Crippen molar-refractivity contribution in [3.8, 4) is 0 Å². The van der Waals surface area contributed by atoms with Crippen LogP contribution in [0.2, 0.25) is 0 Å². The molecule has 0 saturated heterocycles. The molecule has 0 bridgehead atoms. The van der Waals surface area contributed by atoms with Crippen molar-refractivity contribution in [1.82, 2.24) is 0 Å². The highest BCUT2D eigenvalue weighted by Crippen LogP contribution is 2.15. The van der Waals surface area contributed by atoms with E-state index in [1.807, 2.05) is 6.08 Å². The van der Waals surface area contributed by atoms with Crippen LogP contribution in [0.1, 0.15) is 239 Å². The summed E-state index contributed by atoms with van der Waals surface area (Å²) in [5.74, 6) is -1.02. The molecule has 380 valence electrons. The molecule has 0 rings (SSSR count). The second kappa shape index (κ2) is 54.7. The van der Waals surface area contributed by atoms with Gasteiger partial charge in [0.05, 0.1) is 0 Å². The summed E-state index contributed by atoms with van der Waals surface area (Å²) in [4.78, 5) is 38.0. The van der Waals surface area contributed by atoms with E-state index in [2.05, 4.69) is 124 Å². The third-order valence-electron chi connectivity index (χ3n) is 11.3. The maximum Gasteiger partial charge on any atom is 0.306 e. The number of hydrogen-bond acceptors (Lipinski definition) is 6. The molecule has 0 aliphatic rings. The van der Waals surface area contributed by atoms with Gasteiger partial charge in [0.25, 0.3) is 0 Å². The molecule has 0 aliphatic carbocycles. The van der Waals surface area contributed by atoms with Crippen LogP contribution in [-0.2, 0) is 28.6 Å². The Morgan fingerprint density at radius 1 is 0.328 bits per heavy atom. The lowest BCUT2D eigenvalue weighted by Crippen LogP contribution is -2.30. The summed E-state index contributed by atoms with van der Waals surface area (Å²) in [6, 6.07) is 0. The molecule has 0 aromatic heterocycles. The molecule has 0 fully saturated rings. The summed E-state index contributed by atoms with van der Waals surface area (Å²) < 4.78 is 16.7. The molecule has 0 aliphatic heterocycles. The number of carbonyl (C=O) groups is 3. The lowest BCUT2D eigenvalue weighted by atomic mass is 10.0. The van der Waals surface area contributed by atoms with Crippen LogP contribution >= 0.6 is 0 Å². The van der Waals surface area contributed by atoms with Crippen molar-refractivity contribution in [2.24, 2.45) is 0 Å². The topological polar surface area (TPSA) is 78.9 Å². The number of hydrogen-bond donors (Lipinski definition) is 0. The minimum absolute atomic E-state index is 0.112. The van der Waals surface area contributed by atoms with E-state index in [0.29, 0.717) is 19.3 Å². The summed E-state index contributed by atoms with van der Waals surface area (Å²) in [5.41, 5.74) is 0. The minimum Gasteiger partial charge on any atom is -0.462 e. The van der Waals surface area contributed by atoms with E-state index in [4.69, 9.17) is 14.2 Å². The predicted molar refractivity (Wildman–Crippen MR) is 288 cm³/mol. The van der Waals surface area contributed by atoms with E-state index >= 15 is 0 Å². The first-order chi connectivity index (χ1) is 33.0. The highest BCUT2D eigenvalue weighted by molar-refractivity contribution is 5.71. The van der Waals surface area contributed by atoms with Crippen molar-refractivity contribution < 1.29 is 28.6 Å². The van der Waals surface area contributed by atoms with Gasteiger partial charge in [-0.15, -0.1) is 0 Å². The molecule has 0 N–H and O–H groups in total. The maximum atomic E-state index is 12.8. The molecule has 0 radical (unpaired) electrons. The van der Waals surface area contributed by atoms with E-state index in [-0.39, 0.29) is 37.5 Å². The van der Waals surface area contributed by atoms with Gasteiger partial charge >= 0.3 is 17.9 Å². The fraction of sp³-hybridized carbons (Fsp3) is 0.656. The van der Waals surface area contributed by atoms with Gasteiger partial charge in [0.1, 0.15) is 13.2 Å². The van der Waals surface area contributed by atoms with Gasteiger partial charge in [0, 0.05) is 19.3 Å². The number of allylic oxidation sites excluding steroid dienone is 18. The molecule has 1 atom stereocenters. The zero-order chi connectivity index (χ0) is 48.6. The van der Waals surface area contributed by atoms with Crippen LogP contribution in [0.5, 0.6) is 0 Å². The highest BCUT2D eigenvalue weighted by Gasteiger charge is 2.19. The van der Waals surface area contributed by atoms with Gasteiger partial charge < -0.3 is 14.2 Å². The molecular weight excluding hydrogens is 829 g/mol. The van der Waals surface area contributed by atoms with Crippen molar-refractivity contribution in [2.75, 3.05) is 13.2 Å². The number of esters is 3. The number of ether oxygens (including phenoxy) is 3. The van der Waals surface area contributed by atoms with Gasteiger partial charge in [0.2, 0.25) is 0 Å². The highest BCUT2D eigenvalue weighted by atomic mass is 16.6. The fourth-order valence-corrected chi connectivity index (χ4v) is 7.29. The van der Waals surface area contributed by atoms with Crippen LogP contribution in [0, 0.1) is 0 Å². The Morgan fingerprint density at radius 2 is 0.687 bits per heavy atom. The lowest BCUT2D eigenvalue weighted by molar-refractivity contribution is -0.166. The Kier molecular flexibility index (Phi) is 51.5. The van der Waals surface area contributed by atoms with E-state index in [1.54, 1.807) is 0 Å². The van der Waals surface area contributed by atoms with Gasteiger partial charge in [-0.25, -0.2) is 0 Å². The third kappa shape index (κ3) is 52.9. The number of rotatable bonds is 48. The second-order valence-electron chi connectivity index (χ2n) is 17.8. The zero-order valence-corrected chi connectivity index (χ0v) is 43.4. The Balaban J connectivity index is 4.51. The van der Waals surface area contributed by atoms with Gasteiger partial charge in [0.15, 0.2) is 6.10 Å². The molecular formula is C61H100O6. The van der Waals surface area contributed by atoms with Gasteiger partial charge in [-0.1, -0.05) is 252 Å². The lowest BCUT2D eigenvalue weighted by Gasteiger charge is -2.18. The van der Waals surface area contributed by atoms with Crippen molar-refractivity contribution in [3.63, 3.8) is 0 Å². The van der Waals surface area contributed by atoms with Crippen LogP contribution in [0.4, 0.5) is 0 Å². The maximum absolute atomic E-state index is 12.8. The Hall–Kier alpha value is -3.93. The average molecular weight is 929 g/mol. The van der Waals surface area contributed by atoms with Crippen LogP contribution in [0.3, 0.4) is 0 Å². The van der Waals surface area contributed by atoms with Crippen molar-refractivity contribution in [3.05, 3.63) is 109 Å². The third-order valence-corrected chi connectivity index (χ3v) is 11.3. The van der Waals surface area contributed by atoms with Crippen molar-refractivity contribution in [1.29, 1.82) is 0 Å². The minimum atomic E-state index is -0.817. The van der Waals surface area contributed by atoms with Crippen LogP contribution < -0.4 is 0 Å². The largest absolute Gasteiger partial charge is 0.462 e. The average Bonchev–Trinajstić information content (AvgIpc) is 3.33. The number of unbranched alkanes of at least 4 members (excludes halogenated alkanes) is 21. The summed E-state index contributed by atoms with van der Waals surface area (Å²) >= 11 is 0. The predicted octanol–water partition coefficient (Wildman–Crippen LogP) is 18.3. The van der Waals surface area contributed by atoms with E-state index in [1.165, 1.54) is 89.9 Å². The normalized spacial score (nSPS) is 12.9. The molecule has 0 spiro atoms. The summed E-state index contributed by atoms with van der Waals surface area (Å²) in [5, 5.41) is 0. The molecule has 1 unspecified atom stereocenters. The van der Waals surface area contributed by atoms with Crippen LogP contribution in [0.15, 0.2) is 109 Å². The zero-order valence-electron chi connectivity index (χ0n) is 43.4. The SMILES string of the molecule is CC\C=C/C=C\C=C/CCCCCCCC(=O)OCC(COC(=O)CC/C=C\C/C=C\C/C=C\C/C=C\C/C=C\C/C=C\CC)OC(=O)CCCCCCCCCCCCCCCCCCC. The standard InChI is InChI=1S/C61H100O6/c1-4-7-10-13-16-19-22-25-27-29-30-32-33-36-39-42-45-48-51-54-60(63)66-57-58(56-65-59(62)53-50-47-44-41-38-35-24-21-18-15-12-9-6-3)67-61(64)55-52-49-46-43-40-37-34-31-28-26-23-20-17-14-11-8-5-2/h7,9-10,12,15-16,18-19,21,24-25,27,30,32,36,39,45,48,58H,4-6,8,11,13-14,17,20,22-23,26,28-29,31,33-35,37-38,40-44,46-47,49-57H2,1-3H3/b10-7-,12-9-,18-15-,19-16-,24-21-,27-25-,32-30-,39-36-,48-45-. The summed E-state index contributed by atoms with van der Waals surface area (Å²) in [6.07, 6.45) is 73.7. The van der Waals surface area contributed by atoms with E-state index < -0.39 is 6.10 Å². The first-order valence-corrected chi connectivity index (χ1v) is 27.4. The molecule has 0 aromatic carbocycles. The van der Waals surface area contributed by atoms with Gasteiger partial charge in [-0.3, -0.25) is 14.4 Å². The molecule has 67 heavy (non-hydrogen) atoms. The smallest absolute Gasteiger partial charge is 0.306 e. The van der Waals surface area contributed by atoms with Crippen molar-refractivity contribution >= 4 is 17.9 Å². The van der Waals surface area contributed by atoms with Crippen molar-refractivity contribution in [2.45, 2.75) is 245 Å². The molecule has 0 saturated carbocycles. The summed E-state index contributed by atoms with van der Waals surface area (Å²) in [7, 11) is 0. The Bertz CT molecular complexity index is 1390. The Labute approximate surface area is 412 Å². The number of carbonyl (C=O) groups excluding carboxylic acids is 3. The first kappa shape index (κ1) is 63.1. The molecule has 0 aromatic rings. The second-order valence-corrected chi connectivity index (χ2v) is 17.8. The van der Waals surface area contributed by atoms with Crippen LogP contribution in [-0.4, -0.2) is 37.2 Å². The van der Waals surface area contributed by atoms with E-state index in [9.17, 15) is 14.4 Å². The molecule has 0 heterocycles. The van der Waals surface area contributed by atoms with Gasteiger partial charge in [-0.05, 0) is 77.0 Å². The Morgan fingerprint density at radius 3 is 1.13 bits per heavy atom. The van der Waals surface area contributed by atoms with E-state index in [0.717, 1.165) is 103 Å². The summed E-state index contributed by atoms with van der Waals surface area (Å²) in [6.45, 7) is 6.31. The monoisotopic (exact) mass is 929 g/mol. The van der Waals surface area contributed by atoms with Gasteiger partial charge in [-0.2, -0.15) is 0 Å². The molecule has 0 amide bonds.